The molecule has 2 heterocycles. The molecule has 6 heteroatoms. The topological polar surface area (TPSA) is 63.7 Å². The van der Waals surface area contributed by atoms with Crippen LogP contribution >= 0.6 is 15.9 Å². The molecule has 0 saturated carbocycles. The molecular weight excluding hydrogens is 458 g/mol. The molecule has 154 valence electrons. The lowest BCUT2D eigenvalue weighted by molar-refractivity contribution is -0.141. The van der Waals surface area contributed by atoms with Crippen molar-refractivity contribution in [1.29, 1.82) is 0 Å². The fourth-order valence-electron chi connectivity index (χ4n) is 4.65. The predicted molar refractivity (Wildman–Crippen MR) is 119 cm³/mol. The summed E-state index contributed by atoms with van der Waals surface area (Å²) < 4.78 is 6.32. The Hall–Kier alpha value is -3.25. The van der Waals surface area contributed by atoms with Gasteiger partial charge in [-0.2, -0.15) is 0 Å². The number of carbonyl (C=O) groups excluding carboxylic acids is 3. The lowest BCUT2D eigenvalue weighted by Crippen LogP contribution is -2.46. The molecular formula is C25H18BrNO4. The highest BCUT2D eigenvalue weighted by Gasteiger charge is 2.62. The van der Waals surface area contributed by atoms with E-state index in [1.54, 1.807) is 24.3 Å². The second kappa shape index (κ2) is 7.17. The first-order chi connectivity index (χ1) is 14.9. The number of halogens is 1. The number of nitrogens with zero attached hydrogens (tertiary/aromatic N) is 1. The maximum Gasteiger partial charge on any atom is 0.327 e. The van der Waals surface area contributed by atoms with Gasteiger partial charge in [0.2, 0.25) is 11.8 Å². The lowest BCUT2D eigenvalue weighted by atomic mass is 9.66. The number of ether oxygens (including phenoxy) is 1. The Morgan fingerprint density at radius 3 is 2.35 bits per heavy atom. The molecule has 5 rings (SSSR count). The minimum absolute atomic E-state index is 0.0807. The van der Waals surface area contributed by atoms with Crippen LogP contribution in [0, 0.1) is 12.8 Å². The summed E-state index contributed by atoms with van der Waals surface area (Å²) >= 11 is 3.45. The number of rotatable bonds is 3. The molecule has 2 aliphatic rings. The molecule has 1 saturated heterocycles. The van der Waals surface area contributed by atoms with Gasteiger partial charge in [0.15, 0.2) is 0 Å². The Balaban J connectivity index is 1.71. The summed E-state index contributed by atoms with van der Waals surface area (Å²) in [5, 5.41) is 0. The van der Waals surface area contributed by atoms with Crippen molar-refractivity contribution < 1.29 is 19.1 Å². The number of fused-ring (bicyclic) bond motifs is 1. The van der Waals surface area contributed by atoms with Crippen LogP contribution in [0.3, 0.4) is 0 Å². The average Bonchev–Trinajstić information content (AvgIpc) is 3.23. The lowest BCUT2D eigenvalue weighted by Gasteiger charge is -2.31. The Labute approximate surface area is 187 Å². The standard InChI is InChI=1S/C25H18BrNO4/c1-15-10-12-17(13-11-15)27-21(28)14-19(23(27)29)25(16-6-3-2-4-7-16)18-8-5-9-20(26)22(18)31-24(25)30/h2-13,19H,14H2,1H3/t19-,25+/m1/s1. The molecule has 1 fully saturated rings. The van der Waals surface area contributed by atoms with Gasteiger partial charge in [-0.05, 0) is 46.6 Å². The average molecular weight is 476 g/mol. The molecule has 2 amide bonds. The van der Waals surface area contributed by atoms with Gasteiger partial charge < -0.3 is 4.74 Å². The zero-order valence-corrected chi connectivity index (χ0v) is 18.3. The molecule has 0 radical (unpaired) electrons. The fraction of sp³-hybridized carbons (Fsp3) is 0.160. The molecule has 31 heavy (non-hydrogen) atoms. The summed E-state index contributed by atoms with van der Waals surface area (Å²) in [5.74, 6) is -1.79. The van der Waals surface area contributed by atoms with Crippen LogP contribution in [0.25, 0.3) is 0 Å². The van der Waals surface area contributed by atoms with E-state index in [0.717, 1.165) is 5.56 Å². The molecule has 0 aliphatic carbocycles. The highest BCUT2D eigenvalue weighted by Crippen LogP contribution is 2.54. The van der Waals surface area contributed by atoms with E-state index in [2.05, 4.69) is 15.9 Å². The van der Waals surface area contributed by atoms with Gasteiger partial charge in [-0.3, -0.25) is 19.3 Å². The predicted octanol–water partition coefficient (Wildman–Crippen LogP) is 4.54. The van der Waals surface area contributed by atoms with Gasteiger partial charge in [0.25, 0.3) is 0 Å². The van der Waals surface area contributed by atoms with Crippen molar-refractivity contribution in [3.63, 3.8) is 0 Å². The summed E-state index contributed by atoms with van der Waals surface area (Å²) in [6, 6.07) is 21.7. The Morgan fingerprint density at radius 2 is 1.65 bits per heavy atom. The van der Waals surface area contributed by atoms with Crippen LogP contribution in [0.1, 0.15) is 23.1 Å². The number of esters is 1. The minimum Gasteiger partial charge on any atom is -0.424 e. The molecule has 0 bridgehead atoms. The van der Waals surface area contributed by atoms with E-state index in [9.17, 15) is 14.4 Å². The highest BCUT2D eigenvalue weighted by molar-refractivity contribution is 9.10. The zero-order valence-electron chi connectivity index (χ0n) is 16.7. The van der Waals surface area contributed by atoms with Crippen molar-refractivity contribution >= 4 is 39.4 Å². The van der Waals surface area contributed by atoms with E-state index in [1.807, 2.05) is 55.5 Å². The van der Waals surface area contributed by atoms with Gasteiger partial charge in [-0.25, -0.2) is 0 Å². The third-order valence-corrected chi connectivity index (χ3v) is 6.72. The van der Waals surface area contributed by atoms with Gasteiger partial charge in [-0.15, -0.1) is 0 Å². The van der Waals surface area contributed by atoms with E-state index in [4.69, 9.17) is 4.74 Å². The number of para-hydroxylation sites is 1. The fourth-order valence-corrected chi connectivity index (χ4v) is 5.09. The molecule has 0 N–H and O–H groups in total. The van der Waals surface area contributed by atoms with Gasteiger partial charge in [0.05, 0.1) is 16.1 Å². The molecule has 2 aliphatic heterocycles. The molecule has 3 aromatic rings. The van der Waals surface area contributed by atoms with Gasteiger partial charge in [0.1, 0.15) is 11.2 Å². The van der Waals surface area contributed by atoms with Crippen LogP contribution in [0.5, 0.6) is 5.75 Å². The van der Waals surface area contributed by atoms with Crippen LogP contribution < -0.4 is 9.64 Å². The number of aryl methyl sites for hydroxylation is 1. The second-order valence-electron chi connectivity index (χ2n) is 7.84. The molecule has 2 atom stereocenters. The van der Waals surface area contributed by atoms with Crippen molar-refractivity contribution in [1.82, 2.24) is 0 Å². The maximum absolute atomic E-state index is 13.7. The van der Waals surface area contributed by atoms with Crippen molar-refractivity contribution in [2.24, 2.45) is 5.92 Å². The third kappa shape index (κ3) is 2.78. The first-order valence-corrected chi connectivity index (χ1v) is 10.7. The van der Waals surface area contributed by atoms with Crippen molar-refractivity contribution in [2.75, 3.05) is 4.90 Å². The van der Waals surface area contributed by atoms with Crippen LogP contribution in [0.2, 0.25) is 0 Å². The van der Waals surface area contributed by atoms with Gasteiger partial charge in [0, 0.05) is 12.0 Å². The number of benzene rings is 3. The molecule has 5 nitrogen and oxygen atoms in total. The summed E-state index contributed by atoms with van der Waals surface area (Å²) in [5.41, 5.74) is 1.36. The molecule has 0 aromatic heterocycles. The number of hydrogen-bond donors (Lipinski definition) is 0. The van der Waals surface area contributed by atoms with Gasteiger partial charge in [-0.1, -0.05) is 60.2 Å². The number of anilines is 1. The molecule has 3 aromatic carbocycles. The van der Waals surface area contributed by atoms with Crippen LogP contribution in [-0.4, -0.2) is 17.8 Å². The van der Waals surface area contributed by atoms with E-state index < -0.39 is 23.2 Å². The largest absolute Gasteiger partial charge is 0.424 e. The van der Waals surface area contributed by atoms with E-state index in [-0.39, 0.29) is 12.3 Å². The SMILES string of the molecule is Cc1ccc(N2C(=O)C[C@@H]([C@@]3(c4ccccc4)C(=O)Oc4c(Br)cccc43)C2=O)cc1. The number of amides is 2. The second-order valence-corrected chi connectivity index (χ2v) is 8.69. The first kappa shape index (κ1) is 19.7. The zero-order chi connectivity index (χ0) is 21.8. The summed E-state index contributed by atoms with van der Waals surface area (Å²) in [4.78, 5) is 41.4. The number of hydrogen-bond acceptors (Lipinski definition) is 4. The van der Waals surface area contributed by atoms with Crippen molar-refractivity contribution in [3.05, 3.63) is 94.0 Å². The Bertz CT molecular complexity index is 1220. The van der Waals surface area contributed by atoms with Crippen LogP contribution in [0.15, 0.2) is 77.3 Å². The van der Waals surface area contributed by atoms with E-state index in [0.29, 0.717) is 27.0 Å². The first-order valence-electron chi connectivity index (χ1n) is 9.95. The molecule has 0 unspecified atom stereocenters. The molecule has 0 spiro atoms. The maximum atomic E-state index is 13.7. The normalized spacial score (nSPS) is 22.6. The van der Waals surface area contributed by atoms with Crippen molar-refractivity contribution in [2.45, 2.75) is 18.8 Å². The van der Waals surface area contributed by atoms with E-state index >= 15 is 0 Å². The van der Waals surface area contributed by atoms with E-state index in [1.165, 1.54) is 4.90 Å². The van der Waals surface area contributed by atoms with Crippen LogP contribution in [-0.2, 0) is 19.8 Å². The third-order valence-electron chi connectivity index (χ3n) is 6.10. The highest BCUT2D eigenvalue weighted by atomic mass is 79.9. The smallest absolute Gasteiger partial charge is 0.327 e. The number of imide groups is 1. The van der Waals surface area contributed by atoms with Crippen molar-refractivity contribution in [3.8, 4) is 5.75 Å². The van der Waals surface area contributed by atoms with Gasteiger partial charge >= 0.3 is 5.97 Å². The monoisotopic (exact) mass is 475 g/mol. The quantitative estimate of drug-likeness (QED) is 0.316. The Morgan fingerprint density at radius 1 is 0.935 bits per heavy atom. The summed E-state index contributed by atoms with van der Waals surface area (Å²) in [7, 11) is 0. The summed E-state index contributed by atoms with van der Waals surface area (Å²) in [6.07, 6.45) is -0.0807. The minimum atomic E-state index is -1.40. The van der Waals surface area contributed by atoms with Crippen LogP contribution in [0.4, 0.5) is 5.69 Å². The Kier molecular flexibility index (Phi) is 4.55. The summed E-state index contributed by atoms with van der Waals surface area (Å²) in [6.45, 7) is 1.94. The number of carbonyl (C=O) groups is 3.